The Balaban J connectivity index is 1.60. The smallest absolute Gasteiger partial charge is 0.124 e. The lowest BCUT2D eigenvalue weighted by Gasteiger charge is -1.98. The molecular formula is C20H15ClN2S2. The maximum Gasteiger partial charge on any atom is 0.124 e. The van der Waals surface area contributed by atoms with E-state index in [1.165, 1.54) is 5.56 Å². The molecule has 0 bridgehead atoms. The molecule has 0 spiro atoms. The molecule has 2 heterocycles. The van der Waals surface area contributed by atoms with Crippen LogP contribution in [0.1, 0.15) is 16.3 Å². The summed E-state index contributed by atoms with van der Waals surface area (Å²) in [6.45, 7) is 2.05. The maximum absolute atomic E-state index is 5.95. The van der Waals surface area contributed by atoms with Gasteiger partial charge in [0.15, 0.2) is 0 Å². The minimum atomic E-state index is 0.761. The fraction of sp³-hybridized carbons (Fsp3) is 0.100. The summed E-state index contributed by atoms with van der Waals surface area (Å²) in [7, 11) is 0. The minimum Gasteiger partial charge on any atom is -0.241 e. The monoisotopic (exact) mass is 382 g/mol. The topological polar surface area (TPSA) is 25.8 Å². The molecule has 0 unspecified atom stereocenters. The van der Waals surface area contributed by atoms with Crippen LogP contribution in [0.4, 0.5) is 0 Å². The van der Waals surface area contributed by atoms with Gasteiger partial charge >= 0.3 is 0 Å². The first-order valence-corrected chi connectivity index (χ1v) is 9.98. The van der Waals surface area contributed by atoms with Crippen LogP contribution in [-0.2, 0) is 6.42 Å². The Kier molecular flexibility index (Phi) is 4.66. The number of halogens is 1. The van der Waals surface area contributed by atoms with Crippen LogP contribution in [0.25, 0.3) is 21.1 Å². The van der Waals surface area contributed by atoms with Crippen LogP contribution in [0.3, 0.4) is 0 Å². The van der Waals surface area contributed by atoms with Crippen molar-refractivity contribution >= 4 is 34.3 Å². The van der Waals surface area contributed by atoms with E-state index >= 15 is 0 Å². The Morgan fingerprint density at radius 2 is 1.72 bits per heavy atom. The summed E-state index contributed by atoms with van der Waals surface area (Å²) in [6, 6.07) is 18.2. The van der Waals surface area contributed by atoms with Gasteiger partial charge in [0.25, 0.3) is 0 Å². The molecule has 0 N–H and O–H groups in total. The second-order valence-electron chi connectivity index (χ2n) is 5.73. The van der Waals surface area contributed by atoms with E-state index in [2.05, 4.69) is 36.6 Å². The Labute approximate surface area is 159 Å². The highest BCUT2D eigenvalue weighted by molar-refractivity contribution is 7.19. The number of aryl methyl sites for hydroxylation is 1. The molecule has 124 valence electrons. The largest absolute Gasteiger partial charge is 0.241 e. The Hall–Kier alpha value is -2.01. The third-order valence-electron chi connectivity index (χ3n) is 3.87. The predicted molar refractivity (Wildman–Crippen MR) is 108 cm³/mol. The van der Waals surface area contributed by atoms with Crippen molar-refractivity contribution in [1.29, 1.82) is 0 Å². The molecule has 0 atom stereocenters. The van der Waals surface area contributed by atoms with Gasteiger partial charge < -0.3 is 0 Å². The van der Waals surface area contributed by atoms with Crippen LogP contribution in [0.15, 0.2) is 60.0 Å². The van der Waals surface area contributed by atoms with Gasteiger partial charge in [-0.3, -0.25) is 0 Å². The van der Waals surface area contributed by atoms with Crippen molar-refractivity contribution in [3.63, 3.8) is 0 Å². The molecule has 0 amide bonds. The molecule has 0 saturated carbocycles. The molecule has 2 aromatic heterocycles. The lowest BCUT2D eigenvalue weighted by atomic mass is 10.2. The van der Waals surface area contributed by atoms with Crippen molar-refractivity contribution in [2.24, 2.45) is 0 Å². The van der Waals surface area contributed by atoms with Gasteiger partial charge in [0.1, 0.15) is 5.01 Å². The van der Waals surface area contributed by atoms with E-state index in [9.17, 15) is 0 Å². The zero-order chi connectivity index (χ0) is 17.2. The number of nitrogens with zero attached hydrogens (tertiary/aromatic N) is 2. The maximum atomic E-state index is 5.95. The summed E-state index contributed by atoms with van der Waals surface area (Å²) >= 11 is 9.35. The first-order chi connectivity index (χ1) is 12.2. The Morgan fingerprint density at radius 1 is 0.960 bits per heavy atom. The average molecular weight is 383 g/mol. The first kappa shape index (κ1) is 16.5. The highest BCUT2D eigenvalue weighted by Gasteiger charge is 2.14. The summed E-state index contributed by atoms with van der Waals surface area (Å²) in [6.07, 6.45) is 0.825. The number of benzene rings is 2. The van der Waals surface area contributed by atoms with E-state index in [1.807, 2.05) is 30.3 Å². The first-order valence-electron chi connectivity index (χ1n) is 7.91. The Morgan fingerprint density at radius 3 is 2.48 bits per heavy atom. The number of thiazole rings is 2. The SMILES string of the molecule is Cc1nc(-c2ccccc2)sc1-c1csc(Cc2ccc(Cl)cc2)n1. The van der Waals surface area contributed by atoms with Gasteiger partial charge in [-0.15, -0.1) is 22.7 Å². The predicted octanol–water partition coefficient (Wildman–Crippen LogP) is 6.49. The summed E-state index contributed by atoms with van der Waals surface area (Å²) in [5.74, 6) is 0. The van der Waals surface area contributed by atoms with Gasteiger partial charge in [0.2, 0.25) is 0 Å². The van der Waals surface area contributed by atoms with Crippen molar-refractivity contribution in [3.05, 3.63) is 81.3 Å². The van der Waals surface area contributed by atoms with Crippen LogP contribution in [0.5, 0.6) is 0 Å². The van der Waals surface area contributed by atoms with E-state index in [0.29, 0.717) is 0 Å². The molecule has 0 radical (unpaired) electrons. The van der Waals surface area contributed by atoms with E-state index in [0.717, 1.165) is 43.3 Å². The van der Waals surface area contributed by atoms with Gasteiger partial charge in [-0.1, -0.05) is 54.1 Å². The Bertz CT molecular complexity index is 988. The second kappa shape index (κ2) is 7.08. The van der Waals surface area contributed by atoms with Gasteiger partial charge in [-0.05, 0) is 24.6 Å². The lowest BCUT2D eigenvalue weighted by molar-refractivity contribution is 1.14. The second-order valence-corrected chi connectivity index (χ2v) is 8.11. The molecule has 0 aliphatic rings. The lowest BCUT2D eigenvalue weighted by Crippen LogP contribution is -1.87. The highest BCUT2D eigenvalue weighted by Crippen LogP contribution is 2.35. The summed E-state index contributed by atoms with van der Waals surface area (Å²) < 4.78 is 0. The number of hydrogen-bond acceptors (Lipinski definition) is 4. The van der Waals surface area contributed by atoms with E-state index < -0.39 is 0 Å². The van der Waals surface area contributed by atoms with Crippen molar-refractivity contribution in [2.75, 3.05) is 0 Å². The quantitative estimate of drug-likeness (QED) is 0.403. The van der Waals surface area contributed by atoms with Crippen LogP contribution in [0, 0.1) is 6.92 Å². The van der Waals surface area contributed by atoms with E-state index in [1.54, 1.807) is 22.7 Å². The molecule has 25 heavy (non-hydrogen) atoms. The zero-order valence-corrected chi connectivity index (χ0v) is 16.0. The molecule has 5 heteroatoms. The molecule has 4 aromatic rings. The van der Waals surface area contributed by atoms with Crippen molar-refractivity contribution in [2.45, 2.75) is 13.3 Å². The van der Waals surface area contributed by atoms with Gasteiger partial charge in [-0.2, -0.15) is 0 Å². The van der Waals surface area contributed by atoms with Gasteiger partial charge in [0.05, 0.1) is 21.3 Å². The zero-order valence-electron chi connectivity index (χ0n) is 13.6. The molecular weight excluding hydrogens is 368 g/mol. The third kappa shape index (κ3) is 3.66. The molecule has 2 nitrogen and oxygen atoms in total. The fourth-order valence-corrected chi connectivity index (χ4v) is 4.66. The van der Waals surface area contributed by atoms with Crippen molar-refractivity contribution < 1.29 is 0 Å². The third-order valence-corrected chi connectivity index (χ3v) is 6.20. The fourth-order valence-electron chi connectivity index (χ4n) is 2.61. The van der Waals surface area contributed by atoms with E-state index in [-0.39, 0.29) is 0 Å². The normalized spacial score (nSPS) is 11.0. The number of aromatic nitrogens is 2. The molecule has 0 fully saturated rings. The molecule has 0 saturated heterocycles. The van der Waals surface area contributed by atoms with Crippen LogP contribution < -0.4 is 0 Å². The average Bonchev–Trinajstić information content (AvgIpc) is 3.24. The van der Waals surface area contributed by atoms with Crippen LogP contribution in [0.2, 0.25) is 5.02 Å². The van der Waals surface area contributed by atoms with Crippen molar-refractivity contribution in [1.82, 2.24) is 9.97 Å². The van der Waals surface area contributed by atoms with Crippen LogP contribution >= 0.6 is 34.3 Å². The summed E-state index contributed by atoms with van der Waals surface area (Å²) in [5, 5.41) is 5.03. The number of hydrogen-bond donors (Lipinski definition) is 0. The highest BCUT2D eigenvalue weighted by atomic mass is 35.5. The summed E-state index contributed by atoms with van der Waals surface area (Å²) in [5.41, 5.74) is 4.42. The van der Waals surface area contributed by atoms with Crippen LogP contribution in [-0.4, -0.2) is 9.97 Å². The molecule has 0 aliphatic carbocycles. The standard InChI is InChI=1S/C20H15ClN2S2/c1-13-19(25-20(22-13)15-5-3-2-4-6-15)17-12-24-18(23-17)11-14-7-9-16(21)10-8-14/h2-10,12H,11H2,1H3. The molecule has 2 aromatic carbocycles. The van der Waals surface area contributed by atoms with Gasteiger partial charge in [0, 0.05) is 22.4 Å². The summed E-state index contributed by atoms with van der Waals surface area (Å²) in [4.78, 5) is 10.7. The molecule has 4 rings (SSSR count). The number of rotatable bonds is 4. The molecule has 0 aliphatic heterocycles. The van der Waals surface area contributed by atoms with Gasteiger partial charge in [-0.25, -0.2) is 9.97 Å². The van der Waals surface area contributed by atoms with E-state index in [4.69, 9.17) is 21.6 Å². The minimum absolute atomic E-state index is 0.761. The van der Waals surface area contributed by atoms with Crippen molar-refractivity contribution in [3.8, 4) is 21.1 Å².